The maximum absolute atomic E-state index is 11.0. The van der Waals surface area contributed by atoms with Crippen molar-refractivity contribution >= 4 is 46.3 Å². The lowest BCUT2D eigenvalue weighted by Crippen LogP contribution is -2.19. The minimum Gasteiger partial charge on any atom is -0.478 e. The number of benzene rings is 2. The zero-order valence-corrected chi connectivity index (χ0v) is 12.8. The van der Waals surface area contributed by atoms with Crippen molar-refractivity contribution in [2.24, 2.45) is 0 Å². The Morgan fingerprint density at radius 3 is 2.43 bits per heavy atom. The Morgan fingerprint density at radius 1 is 1.14 bits per heavy atom. The third-order valence-electron chi connectivity index (χ3n) is 2.83. The Bertz CT molecular complexity index is 687. The molecule has 0 heterocycles. The maximum Gasteiger partial charge on any atom is 0.335 e. The average Bonchev–Trinajstić information content (AvgIpc) is 2.43. The summed E-state index contributed by atoms with van der Waals surface area (Å²) in [5.41, 5.74) is 2.56. The summed E-state index contributed by atoms with van der Waals surface area (Å²) in [6, 6.07) is 11.9. The number of aromatic carboxylic acids is 1. The smallest absolute Gasteiger partial charge is 0.335 e. The summed E-state index contributed by atoms with van der Waals surface area (Å²) in [6.45, 7) is 1.87. The zero-order valence-electron chi connectivity index (χ0n) is 11.2. The Morgan fingerprint density at radius 2 is 1.81 bits per heavy atom. The summed E-state index contributed by atoms with van der Waals surface area (Å²) >= 11 is 11.0. The molecule has 2 aromatic carbocycles. The number of carboxylic acid groups (broad SMARTS) is 1. The molecular weight excluding hydrogens is 308 g/mol. The molecule has 0 aromatic heterocycles. The van der Waals surface area contributed by atoms with Gasteiger partial charge in [-0.2, -0.15) is 0 Å². The van der Waals surface area contributed by atoms with Crippen LogP contribution in [-0.2, 0) is 0 Å². The van der Waals surface area contributed by atoms with Gasteiger partial charge in [-0.3, -0.25) is 0 Å². The molecule has 0 atom stereocenters. The molecule has 3 N–H and O–H groups in total. The van der Waals surface area contributed by atoms with Gasteiger partial charge in [-0.15, -0.1) is 0 Å². The second-order valence-electron chi connectivity index (χ2n) is 4.42. The predicted octanol–water partition coefficient (Wildman–Crippen LogP) is 4.16. The molecule has 0 fully saturated rings. The van der Waals surface area contributed by atoms with Crippen LogP contribution in [0.4, 0.5) is 11.4 Å². The van der Waals surface area contributed by atoms with Crippen LogP contribution in [0.2, 0.25) is 5.02 Å². The third-order valence-corrected chi connectivity index (χ3v) is 3.29. The highest BCUT2D eigenvalue weighted by Gasteiger charge is 2.07. The van der Waals surface area contributed by atoms with Gasteiger partial charge in [0.25, 0.3) is 0 Å². The van der Waals surface area contributed by atoms with Crippen molar-refractivity contribution in [3.8, 4) is 0 Å². The van der Waals surface area contributed by atoms with Crippen molar-refractivity contribution < 1.29 is 9.90 Å². The minimum atomic E-state index is -0.977. The first-order valence-electron chi connectivity index (χ1n) is 6.13. The molecule has 0 amide bonds. The topological polar surface area (TPSA) is 61.4 Å². The number of rotatable bonds is 3. The van der Waals surface area contributed by atoms with Crippen LogP contribution in [-0.4, -0.2) is 16.2 Å². The standard InChI is InChI=1S/C15H13ClN2O2S/c1-9-2-3-10(14(19)20)8-13(9)18-15(21)17-12-6-4-11(16)5-7-12/h2-8H,1H3,(H,19,20)(H2,17,18,21). The van der Waals surface area contributed by atoms with Crippen molar-refractivity contribution in [2.45, 2.75) is 6.92 Å². The Balaban J connectivity index is 2.10. The molecule has 21 heavy (non-hydrogen) atoms. The number of aryl methyl sites for hydroxylation is 1. The Labute approximate surface area is 132 Å². The van der Waals surface area contributed by atoms with Gasteiger partial charge in [0.1, 0.15) is 0 Å². The highest BCUT2D eigenvalue weighted by Crippen LogP contribution is 2.18. The van der Waals surface area contributed by atoms with Crippen molar-refractivity contribution in [2.75, 3.05) is 10.6 Å². The van der Waals surface area contributed by atoms with Crippen LogP contribution in [0.1, 0.15) is 15.9 Å². The van der Waals surface area contributed by atoms with Crippen LogP contribution < -0.4 is 10.6 Å². The number of carbonyl (C=O) groups is 1. The van der Waals surface area contributed by atoms with Gasteiger partial charge in [-0.1, -0.05) is 17.7 Å². The molecule has 0 saturated carbocycles. The fraction of sp³-hybridized carbons (Fsp3) is 0.0667. The first-order valence-corrected chi connectivity index (χ1v) is 6.92. The van der Waals surface area contributed by atoms with Gasteiger partial charge in [0.05, 0.1) is 5.56 Å². The van der Waals surface area contributed by atoms with Crippen LogP contribution in [0.25, 0.3) is 0 Å². The molecule has 0 saturated heterocycles. The molecule has 0 aliphatic carbocycles. The van der Waals surface area contributed by atoms with E-state index in [9.17, 15) is 4.79 Å². The van der Waals surface area contributed by atoms with Gasteiger partial charge < -0.3 is 15.7 Å². The molecule has 0 bridgehead atoms. The third kappa shape index (κ3) is 4.18. The van der Waals surface area contributed by atoms with Gasteiger partial charge in [0, 0.05) is 16.4 Å². The first-order chi connectivity index (χ1) is 9.95. The lowest BCUT2D eigenvalue weighted by molar-refractivity contribution is 0.0697. The fourth-order valence-electron chi connectivity index (χ4n) is 1.71. The van der Waals surface area contributed by atoms with Crippen LogP contribution >= 0.6 is 23.8 Å². The lowest BCUT2D eigenvalue weighted by atomic mass is 10.1. The monoisotopic (exact) mass is 320 g/mol. The number of hydrogen-bond acceptors (Lipinski definition) is 2. The van der Waals surface area contributed by atoms with Gasteiger partial charge in [-0.05, 0) is 61.1 Å². The average molecular weight is 321 g/mol. The van der Waals surface area contributed by atoms with Gasteiger partial charge in [0.2, 0.25) is 0 Å². The van der Waals surface area contributed by atoms with E-state index in [0.29, 0.717) is 15.8 Å². The van der Waals surface area contributed by atoms with Gasteiger partial charge >= 0.3 is 5.97 Å². The summed E-state index contributed by atoms with van der Waals surface area (Å²) in [6.07, 6.45) is 0. The van der Waals surface area contributed by atoms with E-state index in [4.69, 9.17) is 28.9 Å². The lowest BCUT2D eigenvalue weighted by Gasteiger charge is -2.13. The molecule has 0 spiro atoms. The molecule has 0 aliphatic rings. The summed E-state index contributed by atoms with van der Waals surface area (Å²) in [4.78, 5) is 11.0. The minimum absolute atomic E-state index is 0.206. The predicted molar refractivity (Wildman–Crippen MR) is 89.4 cm³/mol. The van der Waals surface area contributed by atoms with Crippen LogP contribution in [0.3, 0.4) is 0 Å². The van der Waals surface area contributed by atoms with E-state index in [1.165, 1.54) is 0 Å². The van der Waals surface area contributed by atoms with E-state index in [1.807, 2.05) is 6.92 Å². The first kappa shape index (κ1) is 15.3. The molecule has 6 heteroatoms. The molecule has 0 aliphatic heterocycles. The van der Waals surface area contributed by atoms with E-state index in [-0.39, 0.29) is 5.56 Å². The van der Waals surface area contributed by atoms with E-state index < -0.39 is 5.97 Å². The number of hydrogen-bond donors (Lipinski definition) is 3. The molecular formula is C15H13ClN2O2S. The van der Waals surface area contributed by atoms with Crippen molar-refractivity contribution in [1.82, 2.24) is 0 Å². The van der Waals surface area contributed by atoms with E-state index >= 15 is 0 Å². The molecule has 108 valence electrons. The van der Waals surface area contributed by atoms with Crippen molar-refractivity contribution in [1.29, 1.82) is 0 Å². The summed E-state index contributed by atoms with van der Waals surface area (Å²) in [5, 5.41) is 16.0. The normalized spacial score (nSPS) is 10.0. The number of halogens is 1. The molecule has 0 unspecified atom stereocenters. The molecule has 2 aromatic rings. The molecule has 0 radical (unpaired) electrons. The Hall–Kier alpha value is -2.11. The van der Waals surface area contributed by atoms with Gasteiger partial charge in [0.15, 0.2) is 5.11 Å². The SMILES string of the molecule is Cc1ccc(C(=O)O)cc1NC(=S)Nc1ccc(Cl)cc1. The highest BCUT2D eigenvalue weighted by molar-refractivity contribution is 7.80. The molecule has 2 rings (SSSR count). The number of thiocarbonyl (C=S) groups is 1. The van der Waals surface area contributed by atoms with Crippen LogP contribution in [0, 0.1) is 6.92 Å². The quantitative estimate of drug-likeness (QED) is 0.741. The van der Waals surface area contributed by atoms with E-state index in [0.717, 1.165) is 11.3 Å². The van der Waals surface area contributed by atoms with Crippen LogP contribution in [0.5, 0.6) is 0 Å². The van der Waals surface area contributed by atoms with Crippen molar-refractivity contribution in [3.05, 3.63) is 58.6 Å². The fourth-order valence-corrected chi connectivity index (χ4v) is 2.06. The van der Waals surface area contributed by atoms with Gasteiger partial charge in [-0.25, -0.2) is 4.79 Å². The number of carboxylic acids is 1. The second-order valence-corrected chi connectivity index (χ2v) is 5.27. The highest BCUT2D eigenvalue weighted by atomic mass is 35.5. The Kier molecular flexibility index (Phi) is 4.77. The number of anilines is 2. The van der Waals surface area contributed by atoms with Crippen molar-refractivity contribution in [3.63, 3.8) is 0 Å². The summed E-state index contributed by atoms with van der Waals surface area (Å²) in [5.74, 6) is -0.977. The van der Waals surface area contributed by atoms with Crippen LogP contribution in [0.15, 0.2) is 42.5 Å². The summed E-state index contributed by atoms with van der Waals surface area (Å²) in [7, 11) is 0. The zero-order chi connectivity index (χ0) is 15.4. The van der Waals surface area contributed by atoms with E-state index in [2.05, 4.69) is 10.6 Å². The second kappa shape index (κ2) is 6.56. The molecule has 4 nitrogen and oxygen atoms in total. The maximum atomic E-state index is 11.0. The van der Waals surface area contributed by atoms with E-state index in [1.54, 1.807) is 42.5 Å². The summed E-state index contributed by atoms with van der Waals surface area (Å²) < 4.78 is 0. The largest absolute Gasteiger partial charge is 0.478 e. The number of nitrogens with one attached hydrogen (secondary N) is 2.